The van der Waals surface area contributed by atoms with Gasteiger partial charge >= 0.3 is 6.18 Å². The number of halogens is 4. The first-order valence-corrected chi connectivity index (χ1v) is 7.43. The van der Waals surface area contributed by atoms with Gasteiger partial charge in [-0.15, -0.1) is 12.4 Å². The highest BCUT2D eigenvalue weighted by Crippen LogP contribution is 2.37. The molecule has 1 aromatic carbocycles. The second kappa shape index (κ2) is 7.53. The highest BCUT2D eigenvalue weighted by atomic mass is 35.5. The minimum atomic E-state index is -4.20. The minimum absolute atomic E-state index is 0. The van der Waals surface area contributed by atoms with Crippen LogP contribution in [-0.2, 0) is 10.3 Å². The van der Waals surface area contributed by atoms with Gasteiger partial charge in [0.25, 0.3) is 0 Å². The van der Waals surface area contributed by atoms with Gasteiger partial charge in [0.2, 0.25) is 5.91 Å². The van der Waals surface area contributed by atoms with Crippen LogP contribution in [0.25, 0.3) is 0 Å². The summed E-state index contributed by atoms with van der Waals surface area (Å²) in [4.78, 5) is 12.4. The predicted octanol–water partition coefficient (Wildman–Crippen LogP) is 3.52. The molecule has 0 radical (unpaired) electrons. The van der Waals surface area contributed by atoms with Crippen LogP contribution in [0.4, 0.5) is 13.2 Å². The van der Waals surface area contributed by atoms with Crippen LogP contribution in [-0.4, -0.2) is 18.1 Å². The summed E-state index contributed by atoms with van der Waals surface area (Å²) in [6.45, 7) is 1.57. The number of nitrogens with one attached hydrogen (secondary N) is 1. The molecule has 3 atom stereocenters. The van der Waals surface area contributed by atoms with Crippen molar-refractivity contribution in [2.45, 2.75) is 50.4 Å². The number of carbonyl (C=O) groups is 1. The minimum Gasteiger partial charge on any atom is -0.351 e. The topological polar surface area (TPSA) is 55.1 Å². The van der Waals surface area contributed by atoms with Crippen molar-refractivity contribution in [2.24, 2.45) is 11.7 Å². The molecule has 0 heterocycles. The first kappa shape index (κ1) is 19.8. The number of amides is 1. The Hall–Kier alpha value is -1.27. The van der Waals surface area contributed by atoms with Crippen LogP contribution in [0, 0.1) is 5.92 Å². The second-order valence-electron chi connectivity index (χ2n) is 6.14. The van der Waals surface area contributed by atoms with Crippen molar-refractivity contribution in [2.75, 3.05) is 0 Å². The lowest BCUT2D eigenvalue weighted by molar-refractivity contribution is -0.184. The molecular formula is C16H22ClF3N2O. The maximum Gasteiger partial charge on any atom is 0.391 e. The summed E-state index contributed by atoms with van der Waals surface area (Å²) in [6.07, 6.45) is -3.12. The molecule has 3 unspecified atom stereocenters. The van der Waals surface area contributed by atoms with Crippen LogP contribution in [0.3, 0.4) is 0 Å². The molecule has 0 spiro atoms. The van der Waals surface area contributed by atoms with Crippen molar-refractivity contribution in [3.63, 3.8) is 0 Å². The van der Waals surface area contributed by atoms with E-state index in [1.165, 1.54) is 0 Å². The Kier molecular flexibility index (Phi) is 6.48. The fourth-order valence-corrected chi connectivity index (χ4v) is 2.87. The summed E-state index contributed by atoms with van der Waals surface area (Å²) < 4.78 is 38.4. The van der Waals surface area contributed by atoms with Gasteiger partial charge in [0.05, 0.1) is 5.92 Å². The zero-order chi connectivity index (χ0) is 16.4. The first-order valence-electron chi connectivity index (χ1n) is 7.43. The molecule has 7 heteroatoms. The number of hydrogen-bond acceptors (Lipinski definition) is 2. The molecule has 0 aromatic heterocycles. The highest BCUT2D eigenvalue weighted by molar-refractivity contribution is 5.87. The van der Waals surface area contributed by atoms with Gasteiger partial charge in [0.15, 0.2) is 0 Å². The van der Waals surface area contributed by atoms with E-state index in [2.05, 4.69) is 5.32 Å². The predicted molar refractivity (Wildman–Crippen MR) is 85.2 cm³/mol. The highest BCUT2D eigenvalue weighted by Gasteiger charge is 2.43. The molecule has 0 saturated heterocycles. The van der Waals surface area contributed by atoms with Gasteiger partial charge in [-0.05, 0) is 31.7 Å². The van der Waals surface area contributed by atoms with Crippen LogP contribution >= 0.6 is 12.4 Å². The van der Waals surface area contributed by atoms with Gasteiger partial charge in [0.1, 0.15) is 5.54 Å². The average molecular weight is 351 g/mol. The van der Waals surface area contributed by atoms with Crippen molar-refractivity contribution >= 4 is 18.3 Å². The summed E-state index contributed by atoms with van der Waals surface area (Å²) in [5.74, 6) is -1.78. The van der Waals surface area contributed by atoms with Crippen molar-refractivity contribution in [1.29, 1.82) is 0 Å². The van der Waals surface area contributed by atoms with Gasteiger partial charge in [-0.3, -0.25) is 4.79 Å². The van der Waals surface area contributed by atoms with E-state index in [4.69, 9.17) is 5.73 Å². The maximum atomic E-state index is 12.8. The molecule has 0 bridgehead atoms. The summed E-state index contributed by atoms with van der Waals surface area (Å²) in [5.41, 5.74) is 5.46. The van der Waals surface area contributed by atoms with Crippen LogP contribution in [0.1, 0.15) is 38.2 Å². The van der Waals surface area contributed by atoms with Gasteiger partial charge in [-0.2, -0.15) is 13.2 Å². The molecule has 1 amide bonds. The number of alkyl halides is 3. The SMILES string of the molecule is CC(N)(C(=O)NC1CCCC(C(F)(F)F)C1)c1ccccc1.Cl. The van der Waals surface area contributed by atoms with Gasteiger partial charge < -0.3 is 11.1 Å². The van der Waals surface area contributed by atoms with Crippen molar-refractivity contribution < 1.29 is 18.0 Å². The van der Waals surface area contributed by atoms with Crippen LogP contribution in [0.5, 0.6) is 0 Å². The zero-order valence-electron chi connectivity index (χ0n) is 12.9. The van der Waals surface area contributed by atoms with E-state index in [9.17, 15) is 18.0 Å². The van der Waals surface area contributed by atoms with E-state index in [0.717, 1.165) is 0 Å². The van der Waals surface area contributed by atoms with Crippen molar-refractivity contribution in [1.82, 2.24) is 5.32 Å². The second-order valence-corrected chi connectivity index (χ2v) is 6.14. The molecule has 1 saturated carbocycles. The van der Waals surface area contributed by atoms with Crippen molar-refractivity contribution in [3.8, 4) is 0 Å². The van der Waals surface area contributed by atoms with Crippen LogP contribution < -0.4 is 11.1 Å². The van der Waals surface area contributed by atoms with E-state index < -0.39 is 29.6 Å². The fraction of sp³-hybridized carbons (Fsp3) is 0.562. The Morgan fingerprint density at radius 3 is 2.39 bits per heavy atom. The number of benzene rings is 1. The lowest BCUT2D eigenvalue weighted by Crippen LogP contribution is -2.53. The summed E-state index contributed by atoms with van der Waals surface area (Å²) in [6, 6.07) is 8.35. The molecule has 23 heavy (non-hydrogen) atoms. The third-order valence-electron chi connectivity index (χ3n) is 4.32. The molecule has 1 fully saturated rings. The summed E-state index contributed by atoms with van der Waals surface area (Å²) in [7, 11) is 0. The first-order chi connectivity index (χ1) is 10.2. The molecule has 0 aliphatic heterocycles. The molecule has 3 nitrogen and oxygen atoms in total. The number of nitrogens with two attached hydrogens (primary N) is 1. The Labute approximate surface area is 140 Å². The number of carbonyl (C=O) groups excluding carboxylic acids is 1. The Morgan fingerprint density at radius 1 is 1.22 bits per heavy atom. The molecule has 1 aromatic rings. The quantitative estimate of drug-likeness (QED) is 0.876. The van der Waals surface area contributed by atoms with E-state index in [-0.39, 0.29) is 25.2 Å². The van der Waals surface area contributed by atoms with E-state index in [1.807, 2.05) is 6.07 Å². The molecule has 3 N–H and O–H groups in total. The largest absolute Gasteiger partial charge is 0.391 e. The standard InChI is InChI=1S/C16H21F3N2O.ClH/c1-15(20,11-6-3-2-4-7-11)14(22)21-13-9-5-8-12(10-13)16(17,18)19;/h2-4,6-7,12-13H,5,8-10,20H2,1H3,(H,21,22);1H. The van der Waals surface area contributed by atoms with Crippen LogP contribution in [0.2, 0.25) is 0 Å². The Bertz CT molecular complexity index is 520. The summed E-state index contributed by atoms with van der Waals surface area (Å²) >= 11 is 0. The van der Waals surface area contributed by atoms with Crippen LogP contribution in [0.15, 0.2) is 30.3 Å². The van der Waals surface area contributed by atoms with E-state index >= 15 is 0 Å². The van der Waals surface area contributed by atoms with Crippen molar-refractivity contribution in [3.05, 3.63) is 35.9 Å². The third kappa shape index (κ3) is 4.85. The maximum absolute atomic E-state index is 12.8. The smallest absolute Gasteiger partial charge is 0.351 e. The van der Waals surface area contributed by atoms with Gasteiger partial charge in [-0.1, -0.05) is 36.8 Å². The van der Waals surface area contributed by atoms with E-state index in [1.54, 1.807) is 31.2 Å². The van der Waals surface area contributed by atoms with Gasteiger partial charge in [0, 0.05) is 6.04 Å². The molecular weight excluding hydrogens is 329 g/mol. The monoisotopic (exact) mass is 350 g/mol. The Morgan fingerprint density at radius 2 is 1.83 bits per heavy atom. The third-order valence-corrected chi connectivity index (χ3v) is 4.32. The summed E-state index contributed by atoms with van der Waals surface area (Å²) in [5, 5.41) is 2.70. The Balaban J connectivity index is 0.00000264. The fourth-order valence-electron chi connectivity index (χ4n) is 2.87. The number of hydrogen-bond donors (Lipinski definition) is 2. The number of rotatable bonds is 3. The molecule has 2 rings (SSSR count). The van der Waals surface area contributed by atoms with E-state index in [0.29, 0.717) is 18.4 Å². The normalized spacial score (nSPS) is 24.2. The molecule has 1 aliphatic carbocycles. The molecule has 1 aliphatic rings. The van der Waals surface area contributed by atoms with Gasteiger partial charge in [-0.25, -0.2) is 0 Å². The average Bonchev–Trinajstić information content (AvgIpc) is 2.47. The lowest BCUT2D eigenvalue weighted by Gasteiger charge is -2.33. The lowest BCUT2D eigenvalue weighted by atomic mass is 9.84. The molecule has 130 valence electrons. The zero-order valence-corrected chi connectivity index (χ0v) is 13.7.